The van der Waals surface area contributed by atoms with Gasteiger partial charge in [-0.3, -0.25) is 14.9 Å². The van der Waals surface area contributed by atoms with Gasteiger partial charge < -0.3 is 10.6 Å². The van der Waals surface area contributed by atoms with E-state index < -0.39 is 6.04 Å². The molecule has 0 radical (unpaired) electrons. The van der Waals surface area contributed by atoms with Crippen LogP contribution in [-0.2, 0) is 16.0 Å². The largest absolute Gasteiger partial charge is 0.325 e. The molecule has 6 heteroatoms. The molecule has 3 N–H and O–H groups in total. The Morgan fingerprint density at radius 3 is 2.23 bits per heavy atom. The maximum absolute atomic E-state index is 13.1. The van der Waals surface area contributed by atoms with Gasteiger partial charge in [0.2, 0.25) is 11.8 Å². The highest BCUT2D eigenvalue weighted by atomic mass is 19.1. The lowest BCUT2D eigenvalue weighted by Gasteiger charge is -2.19. The van der Waals surface area contributed by atoms with Gasteiger partial charge in [-0.2, -0.15) is 0 Å². The van der Waals surface area contributed by atoms with Crippen LogP contribution in [0.4, 0.5) is 15.8 Å². The lowest BCUT2D eigenvalue weighted by Crippen LogP contribution is -2.37. The van der Waals surface area contributed by atoms with Gasteiger partial charge in [0.25, 0.3) is 0 Å². The van der Waals surface area contributed by atoms with E-state index >= 15 is 0 Å². The number of hydrogen-bond donors (Lipinski definition) is 3. The number of halogens is 1. The molecule has 30 heavy (non-hydrogen) atoms. The van der Waals surface area contributed by atoms with Crippen LogP contribution in [0, 0.1) is 5.82 Å². The van der Waals surface area contributed by atoms with Crippen molar-refractivity contribution in [2.45, 2.75) is 19.4 Å². The number of hydrogen-bond acceptors (Lipinski definition) is 3. The Hall–Kier alpha value is -3.51. The highest BCUT2D eigenvalue weighted by molar-refractivity contribution is 5.97. The highest BCUT2D eigenvalue weighted by Crippen LogP contribution is 2.18. The molecule has 5 nitrogen and oxygen atoms in total. The van der Waals surface area contributed by atoms with Crippen molar-refractivity contribution in [2.75, 3.05) is 17.2 Å². The zero-order valence-electron chi connectivity index (χ0n) is 16.7. The molecular formula is C24H24FN3O2. The Bertz CT molecular complexity index is 991. The lowest BCUT2D eigenvalue weighted by molar-refractivity contribution is -0.119. The molecule has 0 aliphatic heterocycles. The van der Waals surface area contributed by atoms with Gasteiger partial charge in [-0.1, -0.05) is 55.5 Å². The van der Waals surface area contributed by atoms with Crippen molar-refractivity contribution >= 4 is 23.2 Å². The number of para-hydroxylation sites is 1. The van der Waals surface area contributed by atoms with Gasteiger partial charge in [0.15, 0.2) is 0 Å². The standard InChI is InChI=1S/C24H24FN3O2/c1-2-17-8-6-7-11-21(17)28-22(29)16-26-23(18-9-4-3-5-10-18)24(30)27-20-14-12-19(25)13-15-20/h3-15,23,26H,2,16H2,1H3,(H,27,30)(H,28,29)/t23-/m1/s1. The minimum Gasteiger partial charge on any atom is -0.325 e. The first kappa shape index (κ1) is 21.2. The van der Waals surface area contributed by atoms with Crippen LogP contribution in [0.5, 0.6) is 0 Å². The van der Waals surface area contributed by atoms with Crippen molar-refractivity contribution in [3.8, 4) is 0 Å². The topological polar surface area (TPSA) is 70.2 Å². The van der Waals surface area contributed by atoms with Crippen LogP contribution >= 0.6 is 0 Å². The summed E-state index contributed by atoms with van der Waals surface area (Å²) in [7, 11) is 0. The lowest BCUT2D eigenvalue weighted by atomic mass is 10.1. The van der Waals surface area contributed by atoms with E-state index in [0.29, 0.717) is 5.69 Å². The fraction of sp³-hybridized carbons (Fsp3) is 0.167. The van der Waals surface area contributed by atoms with Gasteiger partial charge in [-0.25, -0.2) is 4.39 Å². The number of nitrogens with one attached hydrogen (secondary N) is 3. The summed E-state index contributed by atoms with van der Waals surface area (Å²) in [5, 5.41) is 8.67. The van der Waals surface area contributed by atoms with E-state index in [1.54, 1.807) is 0 Å². The number of carbonyl (C=O) groups excluding carboxylic acids is 2. The van der Waals surface area contributed by atoms with Crippen LogP contribution in [0.2, 0.25) is 0 Å². The quantitative estimate of drug-likeness (QED) is 0.523. The van der Waals surface area contributed by atoms with Crippen molar-refractivity contribution < 1.29 is 14.0 Å². The average molecular weight is 405 g/mol. The average Bonchev–Trinajstić information content (AvgIpc) is 2.76. The predicted molar refractivity (Wildman–Crippen MR) is 117 cm³/mol. The number of anilines is 2. The molecule has 3 aromatic rings. The molecule has 0 aliphatic carbocycles. The summed E-state index contributed by atoms with van der Waals surface area (Å²) in [6.45, 7) is 1.98. The van der Waals surface area contributed by atoms with E-state index in [-0.39, 0.29) is 24.2 Å². The maximum Gasteiger partial charge on any atom is 0.246 e. The van der Waals surface area contributed by atoms with Crippen LogP contribution in [-0.4, -0.2) is 18.4 Å². The zero-order valence-corrected chi connectivity index (χ0v) is 16.7. The Balaban J connectivity index is 1.69. The number of amides is 2. The second-order valence-electron chi connectivity index (χ2n) is 6.78. The molecule has 0 saturated heterocycles. The van der Waals surface area contributed by atoms with Crippen LogP contribution in [0.25, 0.3) is 0 Å². The molecule has 154 valence electrons. The van der Waals surface area contributed by atoms with E-state index in [2.05, 4.69) is 16.0 Å². The molecule has 0 saturated carbocycles. The maximum atomic E-state index is 13.1. The fourth-order valence-electron chi connectivity index (χ4n) is 3.09. The molecule has 3 aromatic carbocycles. The minimum atomic E-state index is -0.747. The van der Waals surface area contributed by atoms with Gasteiger partial charge in [0, 0.05) is 11.4 Å². The van der Waals surface area contributed by atoms with Crippen LogP contribution < -0.4 is 16.0 Å². The first-order chi connectivity index (χ1) is 14.6. The van der Waals surface area contributed by atoms with E-state index in [0.717, 1.165) is 23.2 Å². The van der Waals surface area contributed by atoms with Gasteiger partial charge in [-0.05, 0) is 47.9 Å². The molecule has 0 unspecified atom stereocenters. The molecule has 0 bridgehead atoms. The summed E-state index contributed by atoms with van der Waals surface area (Å²) >= 11 is 0. The zero-order chi connectivity index (χ0) is 21.3. The van der Waals surface area contributed by atoms with E-state index in [4.69, 9.17) is 0 Å². The summed E-state index contributed by atoms with van der Waals surface area (Å²) in [4.78, 5) is 25.4. The molecule has 0 aliphatic rings. The SMILES string of the molecule is CCc1ccccc1NC(=O)CN[C@@H](C(=O)Nc1ccc(F)cc1)c1ccccc1. The number of benzene rings is 3. The summed E-state index contributed by atoms with van der Waals surface area (Å²) in [6.07, 6.45) is 0.802. The summed E-state index contributed by atoms with van der Waals surface area (Å²) < 4.78 is 13.1. The Morgan fingerprint density at radius 2 is 1.53 bits per heavy atom. The summed E-state index contributed by atoms with van der Waals surface area (Å²) in [5.74, 6) is -0.962. The molecule has 0 spiro atoms. The summed E-state index contributed by atoms with van der Waals surface area (Å²) in [6, 6.07) is 21.5. The van der Waals surface area contributed by atoms with E-state index in [9.17, 15) is 14.0 Å². The molecule has 0 heterocycles. The Labute approximate surface area is 175 Å². The van der Waals surface area contributed by atoms with Crippen molar-refractivity contribution in [3.05, 3.63) is 95.8 Å². The number of carbonyl (C=O) groups is 2. The van der Waals surface area contributed by atoms with Gasteiger partial charge in [-0.15, -0.1) is 0 Å². The second kappa shape index (κ2) is 10.3. The van der Waals surface area contributed by atoms with Gasteiger partial charge >= 0.3 is 0 Å². The Kier molecular flexibility index (Phi) is 7.29. The van der Waals surface area contributed by atoms with Crippen LogP contribution in [0.15, 0.2) is 78.9 Å². The summed E-state index contributed by atoms with van der Waals surface area (Å²) in [5.41, 5.74) is 3.00. The molecule has 3 rings (SSSR count). The van der Waals surface area contributed by atoms with Crippen molar-refractivity contribution in [3.63, 3.8) is 0 Å². The second-order valence-corrected chi connectivity index (χ2v) is 6.78. The smallest absolute Gasteiger partial charge is 0.246 e. The van der Waals surface area contributed by atoms with E-state index in [1.165, 1.54) is 24.3 Å². The van der Waals surface area contributed by atoms with Gasteiger partial charge in [0.05, 0.1) is 6.54 Å². The molecule has 0 fully saturated rings. The monoisotopic (exact) mass is 405 g/mol. The third kappa shape index (κ3) is 5.75. The van der Waals surface area contributed by atoms with Gasteiger partial charge in [0.1, 0.15) is 11.9 Å². The molecular weight excluding hydrogens is 381 g/mol. The first-order valence-corrected chi connectivity index (χ1v) is 9.79. The third-order valence-corrected chi connectivity index (χ3v) is 4.65. The predicted octanol–water partition coefficient (Wildman–Crippen LogP) is 4.30. The third-order valence-electron chi connectivity index (χ3n) is 4.65. The fourth-order valence-corrected chi connectivity index (χ4v) is 3.09. The number of rotatable bonds is 8. The normalized spacial score (nSPS) is 11.5. The van der Waals surface area contributed by atoms with E-state index in [1.807, 2.05) is 61.5 Å². The highest BCUT2D eigenvalue weighted by Gasteiger charge is 2.21. The van der Waals surface area contributed by atoms with Crippen molar-refractivity contribution in [1.82, 2.24) is 5.32 Å². The molecule has 0 aromatic heterocycles. The van der Waals surface area contributed by atoms with Crippen molar-refractivity contribution in [1.29, 1.82) is 0 Å². The van der Waals surface area contributed by atoms with Crippen molar-refractivity contribution in [2.24, 2.45) is 0 Å². The molecule has 1 atom stereocenters. The van der Waals surface area contributed by atoms with Crippen LogP contribution in [0.1, 0.15) is 24.1 Å². The molecule has 2 amide bonds. The number of aryl methyl sites for hydroxylation is 1. The Morgan fingerprint density at radius 1 is 0.867 bits per heavy atom. The minimum absolute atomic E-state index is 0.0472. The first-order valence-electron chi connectivity index (χ1n) is 9.79. The van der Waals surface area contributed by atoms with Crippen LogP contribution in [0.3, 0.4) is 0 Å².